The molecule has 6 nitrogen and oxygen atoms in total. The molecule has 0 atom stereocenters. The first-order valence-corrected chi connectivity index (χ1v) is 9.85. The Morgan fingerprint density at radius 2 is 1.76 bits per heavy atom. The third-order valence-corrected chi connectivity index (χ3v) is 4.98. The lowest BCUT2D eigenvalue weighted by atomic mass is 10.2. The van der Waals surface area contributed by atoms with Crippen LogP contribution in [0.4, 0.5) is 11.4 Å². The third kappa shape index (κ3) is 4.73. The molecule has 1 amide bonds. The Bertz CT molecular complexity index is 831. The standard InChI is InChI=1S/C18H20N2O4S/c1-25(22,23)20(16-11-12-16)15-9-7-14(8-10-15)19-18(21)13-24-17-5-3-2-4-6-17/h2-10,16H,11-13H2,1H3,(H,19,21). The third-order valence-electron chi connectivity index (χ3n) is 3.75. The van der Waals surface area contributed by atoms with Gasteiger partial charge in [-0.3, -0.25) is 9.10 Å². The maximum absolute atomic E-state index is 11.9. The molecule has 0 saturated heterocycles. The number of carbonyl (C=O) groups is 1. The van der Waals surface area contributed by atoms with Gasteiger partial charge in [0.15, 0.2) is 6.61 Å². The first-order chi connectivity index (χ1) is 11.9. The zero-order valence-corrected chi connectivity index (χ0v) is 14.7. The quantitative estimate of drug-likeness (QED) is 0.824. The second-order valence-electron chi connectivity index (χ2n) is 5.99. The fourth-order valence-electron chi connectivity index (χ4n) is 2.54. The highest BCUT2D eigenvalue weighted by molar-refractivity contribution is 7.92. The van der Waals surface area contributed by atoms with Gasteiger partial charge >= 0.3 is 0 Å². The van der Waals surface area contributed by atoms with Gasteiger partial charge in [-0.2, -0.15) is 0 Å². The Hall–Kier alpha value is -2.54. The van der Waals surface area contributed by atoms with E-state index in [4.69, 9.17) is 4.74 Å². The molecule has 7 heteroatoms. The Morgan fingerprint density at radius 3 is 2.32 bits per heavy atom. The molecule has 0 radical (unpaired) electrons. The van der Waals surface area contributed by atoms with E-state index in [-0.39, 0.29) is 18.6 Å². The summed E-state index contributed by atoms with van der Waals surface area (Å²) in [7, 11) is -3.30. The van der Waals surface area contributed by atoms with Crippen LogP contribution in [0.25, 0.3) is 0 Å². The van der Waals surface area contributed by atoms with Crippen molar-refractivity contribution in [3.63, 3.8) is 0 Å². The van der Waals surface area contributed by atoms with E-state index in [2.05, 4.69) is 5.32 Å². The van der Waals surface area contributed by atoms with E-state index in [1.54, 1.807) is 36.4 Å². The number of para-hydroxylation sites is 1. The van der Waals surface area contributed by atoms with E-state index in [0.29, 0.717) is 17.1 Å². The summed E-state index contributed by atoms with van der Waals surface area (Å²) in [4.78, 5) is 11.9. The number of nitrogens with zero attached hydrogens (tertiary/aromatic N) is 1. The number of benzene rings is 2. The van der Waals surface area contributed by atoms with Crippen LogP contribution in [0, 0.1) is 0 Å². The van der Waals surface area contributed by atoms with E-state index in [1.807, 2.05) is 18.2 Å². The molecule has 132 valence electrons. The van der Waals surface area contributed by atoms with Crippen LogP contribution >= 0.6 is 0 Å². The Kier molecular flexibility index (Phi) is 4.94. The van der Waals surface area contributed by atoms with Crippen LogP contribution < -0.4 is 14.4 Å². The molecule has 3 rings (SSSR count). The van der Waals surface area contributed by atoms with Gasteiger partial charge in [-0.1, -0.05) is 18.2 Å². The monoisotopic (exact) mass is 360 g/mol. The van der Waals surface area contributed by atoms with Crippen LogP contribution in [0.3, 0.4) is 0 Å². The van der Waals surface area contributed by atoms with Crippen LogP contribution in [-0.4, -0.2) is 33.2 Å². The summed E-state index contributed by atoms with van der Waals surface area (Å²) in [5.74, 6) is 0.347. The van der Waals surface area contributed by atoms with Crippen molar-refractivity contribution in [1.29, 1.82) is 0 Å². The first-order valence-electron chi connectivity index (χ1n) is 8.00. The van der Waals surface area contributed by atoms with Crippen LogP contribution in [0.1, 0.15) is 12.8 Å². The minimum Gasteiger partial charge on any atom is -0.484 e. The molecule has 0 spiro atoms. The molecular formula is C18H20N2O4S. The fraction of sp³-hybridized carbons (Fsp3) is 0.278. The summed E-state index contributed by atoms with van der Waals surface area (Å²) in [6.45, 7) is -0.0939. The van der Waals surface area contributed by atoms with Gasteiger partial charge in [0, 0.05) is 11.7 Å². The van der Waals surface area contributed by atoms with E-state index >= 15 is 0 Å². The second-order valence-corrected chi connectivity index (χ2v) is 7.85. The minimum absolute atomic E-state index is 0.0507. The van der Waals surface area contributed by atoms with Gasteiger partial charge < -0.3 is 10.1 Å². The molecule has 0 aliphatic heterocycles. The molecule has 1 aliphatic rings. The number of ether oxygens (including phenoxy) is 1. The van der Waals surface area contributed by atoms with Crippen LogP contribution in [0.5, 0.6) is 5.75 Å². The summed E-state index contributed by atoms with van der Waals surface area (Å²) in [5.41, 5.74) is 1.21. The van der Waals surface area contributed by atoms with Crippen molar-refractivity contribution < 1.29 is 17.9 Å². The molecule has 1 saturated carbocycles. The van der Waals surface area contributed by atoms with Crippen molar-refractivity contribution in [3.05, 3.63) is 54.6 Å². The topological polar surface area (TPSA) is 75.7 Å². The molecule has 2 aromatic rings. The lowest BCUT2D eigenvalue weighted by molar-refractivity contribution is -0.118. The van der Waals surface area contributed by atoms with Crippen molar-refractivity contribution in [2.75, 3.05) is 22.5 Å². The molecule has 0 heterocycles. The summed E-state index contributed by atoms with van der Waals surface area (Å²) in [6.07, 6.45) is 2.96. The molecule has 0 bridgehead atoms. The SMILES string of the molecule is CS(=O)(=O)N(c1ccc(NC(=O)COc2ccccc2)cc1)C1CC1. The molecule has 1 N–H and O–H groups in total. The fourth-order valence-corrected chi connectivity index (χ4v) is 3.79. The number of amides is 1. The number of rotatable bonds is 7. The van der Waals surface area contributed by atoms with Gasteiger partial charge in [0.2, 0.25) is 10.0 Å². The number of nitrogens with one attached hydrogen (secondary N) is 1. The largest absolute Gasteiger partial charge is 0.484 e. The van der Waals surface area contributed by atoms with Gasteiger partial charge in [-0.05, 0) is 49.2 Å². The summed E-state index contributed by atoms with van der Waals surface area (Å²) in [6, 6.07) is 15.9. The maximum atomic E-state index is 11.9. The second kappa shape index (κ2) is 7.14. The Morgan fingerprint density at radius 1 is 1.12 bits per heavy atom. The molecule has 0 aromatic heterocycles. The Labute approximate surface area is 147 Å². The predicted molar refractivity (Wildman–Crippen MR) is 97.4 cm³/mol. The molecule has 2 aromatic carbocycles. The van der Waals surface area contributed by atoms with Crippen molar-refractivity contribution in [2.24, 2.45) is 0 Å². The number of anilines is 2. The van der Waals surface area contributed by atoms with Gasteiger partial charge in [0.05, 0.1) is 11.9 Å². The molecule has 1 fully saturated rings. The van der Waals surface area contributed by atoms with Crippen molar-refractivity contribution in [1.82, 2.24) is 0 Å². The highest BCUT2D eigenvalue weighted by atomic mass is 32.2. The van der Waals surface area contributed by atoms with Crippen molar-refractivity contribution in [2.45, 2.75) is 18.9 Å². The summed E-state index contributed by atoms with van der Waals surface area (Å²) >= 11 is 0. The van der Waals surface area contributed by atoms with E-state index in [0.717, 1.165) is 12.8 Å². The highest BCUT2D eigenvalue weighted by Crippen LogP contribution is 2.34. The number of hydrogen-bond donors (Lipinski definition) is 1. The zero-order valence-electron chi connectivity index (χ0n) is 13.9. The number of hydrogen-bond acceptors (Lipinski definition) is 4. The smallest absolute Gasteiger partial charge is 0.262 e. The number of carbonyl (C=O) groups excluding carboxylic acids is 1. The first kappa shape index (κ1) is 17.3. The van der Waals surface area contributed by atoms with Crippen LogP contribution in [0.2, 0.25) is 0 Å². The normalized spacial score (nSPS) is 14.0. The van der Waals surface area contributed by atoms with Gasteiger partial charge in [0.25, 0.3) is 5.91 Å². The molecule has 0 unspecified atom stereocenters. The van der Waals surface area contributed by atoms with Crippen molar-refractivity contribution >= 4 is 27.3 Å². The van der Waals surface area contributed by atoms with Gasteiger partial charge in [0.1, 0.15) is 5.75 Å². The summed E-state index contributed by atoms with van der Waals surface area (Å²) in [5, 5.41) is 2.73. The molecular weight excluding hydrogens is 340 g/mol. The minimum atomic E-state index is -3.30. The van der Waals surface area contributed by atoms with Crippen LogP contribution in [-0.2, 0) is 14.8 Å². The lowest BCUT2D eigenvalue weighted by Gasteiger charge is -2.22. The average molecular weight is 360 g/mol. The predicted octanol–water partition coefficient (Wildman–Crippen LogP) is 2.63. The lowest BCUT2D eigenvalue weighted by Crippen LogP contribution is -2.31. The van der Waals surface area contributed by atoms with Gasteiger partial charge in [-0.15, -0.1) is 0 Å². The van der Waals surface area contributed by atoms with Crippen LogP contribution in [0.15, 0.2) is 54.6 Å². The zero-order chi connectivity index (χ0) is 17.9. The molecule has 1 aliphatic carbocycles. The van der Waals surface area contributed by atoms with E-state index in [9.17, 15) is 13.2 Å². The van der Waals surface area contributed by atoms with E-state index < -0.39 is 10.0 Å². The maximum Gasteiger partial charge on any atom is 0.262 e. The van der Waals surface area contributed by atoms with Gasteiger partial charge in [-0.25, -0.2) is 8.42 Å². The van der Waals surface area contributed by atoms with E-state index in [1.165, 1.54) is 10.6 Å². The highest BCUT2D eigenvalue weighted by Gasteiger charge is 2.35. The average Bonchev–Trinajstić information content (AvgIpc) is 3.39. The molecule has 25 heavy (non-hydrogen) atoms. The summed E-state index contributed by atoms with van der Waals surface area (Å²) < 4.78 is 30.7. The number of sulfonamides is 1. The van der Waals surface area contributed by atoms with Crippen molar-refractivity contribution in [3.8, 4) is 5.75 Å². The Balaban J connectivity index is 1.59.